The quantitative estimate of drug-likeness (QED) is 0.153. The molecule has 0 amide bonds. The third kappa shape index (κ3) is 6.38. The van der Waals surface area contributed by atoms with E-state index in [9.17, 15) is 0 Å². The first kappa shape index (κ1) is 36.5. The van der Waals surface area contributed by atoms with Gasteiger partial charge < -0.3 is 13.9 Å². The predicted molar refractivity (Wildman–Crippen MR) is 264 cm³/mol. The SMILES string of the molecule is c1ccc(-c2cccc(-c3ccc(N(c4ccc(-c5cccc6c5oc5ccccc56)cc4)c4cccc(-c5ccccc5-n5c6ccccc6c6ccccc65)c4)cc3)c2)cc1. The Morgan fingerprint density at radius 1 is 0.302 bits per heavy atom. The second kappa shape index (κ2) is 15.3. The number of rotatable bonds is 8. The molecule has 0 saturated heterocycles. The van der Waals surface area contributed by atoms with Gasteiger partial charge in [-0.1, -0.05) is 176 Å². The van der Waals surface area contributed by atoms with Crippen LogP contribution >= 0.6 is 0 Å². The summed E-state index contributed by atoms with van der Waals surface area (Å²) in [5, 5.41) is 4.75. The molecule has 12 rings (SSSR count). The molecule has 3 heteroatoms. The molecule has 2 aromatic heterocycles. The lowest BCUT2D eigenvalue weighted by Crippen LogP contribution is -2.10. The highest BCUT2D eigenvalue weighted by Gasteiger charge is 2.19. The first-order valence-corrected chi connectivity index (χ1v) is 21.5. The number of aromatic nitrogens is 1. The fourth-order valence-electron chi connectivity index (χ4n) is 9.43. The molecule has 12 aromatic rings. The zero-order valence-electron chi connectivity index (χ0n) is 34.4. The van der Waals surface area contributed by atoms with Crippen molar-refractivity contribution in [3.8, 4) is 50.2 Å². The Kier molecular flexibility index (Phi) is 8.83. The number of fused-ring (bicyclic) bond motifs is 6. The molecular formula is C60H40N2O. The van der Waals surface area contributed by atoms with Crippen LogP contribution in [-0.4, -0.2) is 4.57 Å². The van der Waals surface area contributed by atoms with Gasteiger partial charge in [0, 0.05) is 49.7 Å². The van der Waals surface area contributed by atoms with E-state index in [0.29, 0.717) is 0 Å². The number of nitrogens with zero attached hydrogens (tertiary/aromatic N) is 2. The molecule has 3 nitrogen and oxygen atoms in total. The molecule has 0 fully saturated rings. The van der Waals surface area contributed by atoms with Gasteiger partial charge in [-0.2, -0.15) is 0 Å². The van der Waals surface area contributed by atoms with E-state index < -0.39 is 0 Å². The number of para-hydroxylation sites is 5. The van der Waals surface area contributed by atoms with Gasteiger partial charge in [0.15, 0.2) is 0 Å². The van der Waals surface area contributed by atoms with E-state index in [-0.39, 0.29) is 0 Å². The fourth-order valence-corrected chi connectivity index (χ4v) is 9.43. The first-order chi connectivity index (χ1) is 31.2. The maximum Gasteiger partial charge on any atom is 0.143 e. The Labute approximate surface area is 366 Å². The highest BCUT2D eigenvalue weighted by molar-refractivity contribution is 6.11. The lowest BCUT2D eigenvalue weighted by atomic mass is 9.98. The first-order valence-electron chi connectivity index (χ1n) is 21.5. The third-order valence-electron chi connectivity index (χ3n) is 12.4. The molecule has 0 bridgehead atoms. The van der Waals surface area contributed by atoms with Gasteiger partial charge in [-0.3, -0.25) is 0 Å². The Hall–Kier alpha value is -8.40. The summed E-state index contributed by atoms with van der Waals surface area (Å²) in [5.74, 6) is 0. The van der Waals surface area contributed by atoms with Crippen LogP contribution in [-0.2, 0) is 0 Å². The van der Waals surface area contributed by atoms with Gasteiger partial charge in [-0.15, -0.1) is 0 Å². The molecule has 0 N–H and O–H groups in total. The molecule has 0 saturated carbocycles. The van der Waals surface area contributed by atoms with Crippen molar-refractivity contribution in [1.29, 1.82) is 0 Å². The van der Waals surface area contributed by atoms with Crippen LogP contribution < -0.4 is 4.90 Å². The molecule has 2 heterocycles. The van der Waals surface area contributed by atoms with Crippen LogP contribution in [0.3, 0.4) is 0 Å². The zero-order chi connectivity index (χ0) is 41.7. The second-order valence-electron chi connectivity index (χ2n) is 16.1. The van der Waals surface area contributed by atoms with E-state index in [1.54, 1.807) is 0 Å². The van der Waals surface area contributed by atoms with Gasteiger partial charge in [-0.25, -0.2) is 0 Å². The fraction of sp³-hybridized carbons (Fsp3) is 0. The van der Waals surface area contributed by atoms with Gasteiger partial charge in [0.05, 0.1) is 16.7 Å². The van der Waals surface area contributed by atoms with E-state index in [0.717, 1.165) is 66.9 Å². The summed E-state index contributed by atoms with van der Waals surface area (Å²) in [6.07, 6.45) is 0. The molecule has 10 aromatic carbocycles. The van der Waals surface area contributed by atoms with E-state index >= 15 is 0 Å². The lowest BCUT2D eigenvalue weighted by Gasteiger charge is -2.27. The number of benzene rings is 10. The molecule has 0 aliphatic rings. The highest BCUT2D eigenvalue weighted by atomic mass is 16.3. The van der Waals surface area contributed by atoms with Gasteiger partial charge in [0.1, 0.15) is 11.2 Å². The van der Waals surface area contributed by atoms with E-state index in [2.05, 4.69) is 240 Å². The van der Waals surface area contributed by atoms with Crippen LogP contribution in [0.15, 0.2) is 247 Å². The molecule has 296 valence electrons. The minimum absolute atomic E-state index is 0.901. The molecule has 0 spiro atoms. The Morgan fingerprint density at radius 3 is 1.54 bits per heavy atom. The maximum absolute atomic E-state index is 6.46. The summed E-state index contributed by atoms with van der Waals surface area (Å²) >= 11 is 0. The number of hydrogen-bond donors (Lipinski definition) is 0. The normalized spacial score (nSPS) is 11.5. The third-order valence-corrected chi connectivity index (χ3v) is 12.4. The summed E-state index contributed by atoms with van der Waals surface area (Å²) in [6.45, 7) is 0. The average molecular weight is 805 g/mol. The topological polar surface area (TPSA) is 21.3 Å². The van der Waals surface area contributed by atoms with Crippen LogP contribution in [0.4, 0.5) is 17.1 Å². The van der Waals surface area contributed by atoms with Crippen LogP contribution in [0.5, 0.6) is 0 Å². The van der Waals surface area contributed by atoms with Crippen molar-refractivity contribution in [2.24, 2.45) is 0 Å². The smallest absolute Gasteiger partial charge is 0.143 e. The number of anilines is 3. The monoisotopic (exact) mass is 804 g/mol. The van der Waals surface area contributed by atoms with Crippen LogP contribution in [0.25, 0.3) is 93.9 Å². The van der Waals surface area contributed by atoms with Crippen molar-refractivity contribution in [2.45, 2.75) is 0 Å². The summed E-state index contributed by atoms with van der Waals surface area (Å²) in [7, 11) is 0. The van der Waals surface area contributed by atoms with Gasteiger partial charge in [0.25, 0.3) is 0 Å². The molecule has 0 aliphatic carbocycles. The molecule has 0 atom stereocenters. The molecule has 0 radical (unpaired) electrons. The Bertz CT molecular complexity index is 3560. The number of hydrogen-bond acceptors (Lipinski definition) is 2. The summed E-state index contributed by atoms with van der Waals surface area (Å²) in [5.41, 5.74) is 17.8. The summed E-state index contributed by atoms with van der Waals surface area (Å²) in [4.78, 5) is 2.36. The van der Waals surface area contributed by atoms with Crippen LogP contribution in [0.1, 0.15) is 0 Å². The van der Waals surface area contributed by atoms with Crippen LogP contribution in [0, 0.1) is 0 Å². The molecule has 0 aliphatic heterocycles. The van der Waals surface area contributed by atoms with E-state index in [1.165, 1.54) is 44.1 Å². The summed E-state index contributed by atoms with van der Waals surface area (Å²) < 4.78 is 8.88. The van der Waals surface area contributed by atoms with Gasteiger partial charge in [0.2, 0.25) is 0 Å². The van der Waals surface area contributed by atoms with Crippen molar-refractivity contribution in [1.82, 2.24) is 4.57 Å². The zero-order valence-corrected chi connectivity index (χ0v) is 34.4. The molecular weight excluding hydrogens is 765 g/mol. The lowest BCUT2D eigenvalue weighted by molar-refractivity contribution is 0.670. The van der Waals surface area contributed by atoms with Crippen molar-refractivity contribution in [3.05, 3.63) is 243 Å². The van der Waals surface area contributed by atoms with Crippen molar-refractivity contribution in [2.75, 3.05) is 4.90 Å². The van der Waals surface area contributed by atoms with Crippen molar-refractivity contribution >= 4 is 60.8 Å². The minimum Gasteiger partial charge on any atom is -0.455 e. The van der Waals surface area contributed by atoms with E-state index in [4.69, 9.17) is 4.42 Å². The second-order valence-corrected chi connectivity index (χ2v) is 16.1. The van der Waals surface area contributed by atoms with Crippen LogP contribution in [0.2, 0.25) is 0 Å². The standard InChI is InChI=1S/C60H40N2O/c1-2-15-41(16-3-1)44-17-12-18-45(39-44)42-31-35-47(36-32-42)61(48-37-33-43(34-38-48)51-25-14-26-55-54-24-7-11-30-59(54)63-60(51)55)49-20-13-19-46(40-49)50-21-4-8-27-56(50)62-57-28-9-5-22-52(57)53-23-6-10-29-58(53)62/h1-40H. The molecule has 63 heavy (non-hydrogen) atoms. The number of furan rings is 1. The van der Waals surface area contributed by atoms with Crippen molar-refractivity contribution < 1.29 is 4.42 Å². The average Bonchev–Trinajstić information content (AvgIpc) is 3.91. The minimum atomic E-state index is 0.901. The largest absolute Gasteiger partial charge is 0.455 e. The van der Waals surface area contributed by atoms with Crippen molar-refractivity contribution in [3.63, 3.8) is 0 Å². The Balaban J connectivity index is 0.977. The summed E-state index contributed by atoms with van der Waals surface area (Å²) in [6, 6.07) is 87.1. The van der Waals surface area contributed by atoms with E-state index in [1.807, 2.05) is 12.1 Å². The Morgan fingerprint density at radius 2 is 0.810 bits per heavy atom. The van der Waals surface area contributed by atoms with Gasteiger partial charge in [-0.05, 0) is 100 Å². The molecule has 0 unspecified atom stereocenters. The maximum atomic E-state index is 6.46. The van der Waals surface area contributed by atoms with Gasteiger partial charge >= 0.3 is 0 Å². The highest BCUT2D eigenvalue weighted by Crippen LogP contribution is 2.42. The predicted octanol–water partition coefficient (Wildman–Crippen LogP) is 16.8.